The first-order valence-corrected chi connectivity index (χ1v) is 7.34. The lowest BCUT2D eigenvalue weighted by Gasteiger charge is -2.28. The van der Waals surface area contributed by atoms with Gasteiger partial charge in [0, 0.05) is 0 Å². The molecule has 0 saturated heterocycles. The molecule has 0 spiro atoms. The molecule has 0 radical (unpaired) electrons. The Morgan fingerprint density at radius 3 is 2.24 bits per heavy atom. The van der Waals surface area contributed by atoms with Gasteiger partial charge in [-0.1, -0.05) is 60.2 Å². The molecule has 1 unspecified atom stereocenters. The van der Waals surface area contributed by atoms with Crippen molar-refractivity contribution in [3.8, 4) is 0 Å². The molecule has 110 valence electrons. The molecule has 0 aliphatic rings. The van der Waals surface area contributed by atoms with Gasteiger partial charge in [0.2, 0.25) is 0 Å². The lowest BCUT2D eigenvalue weighted by molar-refractivity contribution is -0.149. The first kappa shape index (κ1) is 15.3. The third-order valence-corrected chi connectivity index (χ3v) is 3.82. The number of aryl methyl sites for hydroxylation is 1. The minimum atomic E-state index is -0.662. The van der Waals surface area contributed by atoms with Gasteiger partial charge in [0.25, 0.3) is 0 Å². The summed E-state index contributed by atoms with van der Waals surface area (Å²) in [5.41, 5.74) is 2.65. The van der Waals surface area contributed by atoms with Crippen LogP contribution in [0, 0.1) is 6.92 Å². The zero-order valence-corrected chi connectivity index (χ0v) is 12.9. The van der Waals surface area contributed by atoms with Crippen molar-refractivity contribution in [2.24, 2.45) is 0 Å². The fraction of sp³-hybridized carbons (Fsp3) is 0.316. The van der Waals surface area contributed by atoms with E-state index in [4.69, 9.17) is 4.74 Å². The summed E-state index contributed by atoms with van der Waals surface area (Å²) in [6.07, 6.45) is 0.635. The van der Waals surface area contributed by atoms with Crippen LogP contribution in [-0.4, -0.2) is 12.6 Å². The maximum Gasteiger partial charge on any atom is 0.316 e. The Morgan fingerprint density at radius 1 is 1.05 bits per heavy atom. The third kappa shape index (κ3) is 3.52. The highest BCUT2D eigenvalue weighted by Gasteiger charge is 2.36. The maximum absolute atomic E-state index is 12.5. The van der Waals surface area contributed by atoms with Crippen molar-refractivity contribution in [1.82, 2.24) is 0 Å². The van der Waals surface area contributed by atoms with Gasteiger partial charge in [-0.05, 0) is 38.3 Å². The summed E-state index contributed by atoms with van der Waals surface area (Å²) in [6.45, 7) is 6.25. The van der Waals surface area contributed by atoms with E-state index < -0.39 is 5.41 Å². The highest BCUT2D eigenvalue weighted by Crippen LogP contribution is 2.30. The summed E-state index contributed by atoms with van der Waals surface area (Å²) < 4.78 is 5.32. The Balaban J connectivity index is 2.38. The second-order valence-electron chi connectivity index (χ2n) is 5.58. The van der Waals surface area contributed by atoms with Crippen molar-refractivity contribution >= 4 is 5.97 Å². The van der Waals surface area contributed by atoms with E-state index in [1.165, 1.54) is 5.56 Å². The smallest absolute Gasteiger partial charge is 0.316 e. The fourth-order valence-electron chi connectivity index (χ4n) is 2.51. The van der Waals surface area contributed by atoms with E-state index in [0.717, 1.165) is 11.1 Å². The van der Waals surface area contributed by atoms with E-state index in [-0.39, 0.29) is 5.97 Å². The number of carbonyl (C=O) groups is 1. The Bertz CT molecular complexity index is 587. The molecule has 0 aliphatic carbocycles. The van der Waals surface area contributed by atoms with Gasteiger partial charge in [0.05, 0.1) is 12.0 Å². The number of ether oxygens (including phenoxy) is 1. The first-order chi connectivity index (χ1) is 10.1. The summed E-state index contributed by atoms with van der Waals surface area (Å²) in [7, 11) is 0. The molecular weight excluding hydrogens is 260 g/mol. The number of carbonyl (C=O) groups excluding carboxylic acids is 1. The van der Waals surface area contributed by atoms with E-state index in [0.29, 0.717) is 13.0 Å². The number of esters is 1. The number of rotatable bonds is 5. The minimum absolute atomic E-state index is 0.169. The molecule has 2 rings (SSSR count). The molecule has 0 heterocycles. The number of hydrogen-bond acceptors (Lipinski definition) is 2. The van der Waals surface area contributed by atoms with Crippen LogP contribution in [-0.2, 0) is 21.4 Å². The van der Waals surface area contributed by atoms with Crippen LogP contribution < -0.4 is 0 Å². The predicted octanol–water partition coefficient (Wildman–Crippen LogP) is 4.06. The van der Waals surface area contributed by atoms with Gasteiger partial charge < -0.3 is 4.74 Å². The molecule has 0 aliphatic heterocycles. The summed E-state index contributed by atoms with van der Waals surface area (Å²) in [4.78, 5) is 12.5. The average Bonchev–Trinajstić information content (AvgIpc) is 2.49. The molecule has 0 amide bonds. The minimum Gasteiger partial charge on any atom is -0.465 e. The van der Waals surface area contributed by atoms with Gasteiger partial charge >= 0.3 is 5.97 Å². The highest BCUT2D eigenvalue weighted by molar-refractivity contribution is 5.83. The van der Waals surface area contributed by atoms with Gasteiger partial charge in [-0.2, -0.15) is 0 Å². The molecule has 2 aromatic rings. The van der Waals surface area contributed by atoms with Crippen LogP contribution in [0.5, 0.6) is 0 Å². The molecule has 1 atom stereocenters. The summed E-state index contributed by atoms with van der Waals surface area (Å²) in [6, 6.07) is 18.2. The molecule has 0 fully saturated rings. The molecule has 0 N–H and O–H groups in total. The van der Waals surface area contributed by atoms with Crippen LogP contribution in [0.2, 0.25) is 0 Å². The molecule has 0 saturated carbocycles. The van der Waals surface area contributed by atoms with Crippen molar-refractivity contribution in [1.29, 1.82) is 0 Å². The topological polar surface area (TPSA) is 26.3 Å². The molecular formula is C19H22O2. The van der Waals surface area contributed by atoms with Crippen molar-refractivity contribution < 1.29 is 9.53 Å². The lowest BCUT2D eigenvalue weighted by Crippen LogP contribution is -2.36. The van der Waals surface area contributed by atoms with Crippen molar-refractivity contribution in [2.45, 2.75) is 32.6 Å². The van der Waals surface area contributed by atoms with Crippen LogP contribution in [0.25, 0.3) is 0 Å². The van der Waals surface area contributed by atoms with Gasteiger partial charge in [-0.15, -0.1) is 0 Å². The van der Waals surface area contributed by atoms with Crippen molar-refractivity contribution in [3.63, 3.8) is 0 Å². The van der Waals surface area contributed by atoms with Crippen molar-refractivity contribution in [2.75, 3.05) is 6.61 Å². The molecule has 2 heteroatoms. The molecule has 2 nitrogen and oxygen atoms in total. The van der Waals surface area contributed by atoms with E-state index >= 15 is 0 Å². The van der Waals surface area contributed by atoms with E-state index in [2.05, 4.69) is 0 Å². The third-order valence-electron chi connectivity index (χ3n) is 3.82. The SMILES string of the molecule is CCOC(=O)C(C)(Cc1ccccc1)c1ccc(C)cc1. The fourth-order valence-corrected chi connectivity index (χ4v) is 2.51. The first-order valence-electron chi connectivity index (χ1n) is 7.34. The Kier molecular flexibility index (Phi) is 4.79. The second kappa shape index (κ2) is 6.57. The lowest BCUT2D eigenvalue weighted by atomic mass is 9.77. The predicted molar refractivity (Wildman–Crippen MR) is 85.3 cm³/mol. The van der Waals surface area contributed by atoms with Gasteiger partial charge in [0.15, 0.2) is 0 Å². The molecule has 0 aromatic heterocycles. The highest BCUT2D eigenvalue weighted by atomic mass is 16.5. The summed E-state index contributed by atoms with van der Waals surface area (Å²) in [5.74, 6) is -0.169. The molecule has 0 bridgehead atoms. The van der Waals surface area contributed by atoms with Crippen LogP contribution in [0.3, 0.4) is 0 Å². The largest absolute Gasteiger partial charge is 0.465 e. The van der Waals surface area contributed by atoms with E-state index in [9.17, 15) is 4.79 Å². The van der Waals surface area contributed by atoms with Crippen LogP contribution in [0.15, 0.2) is 54.6 Å². The number of benzene rings is 2. The second-order valence-corrected chi connectivity index (χ2v) is 5.58. The van der Waals surface area contributed by atoms with Crippen LogP contribution in [0.4, 0.5) is 0 Å². The van der Waals surface area contributed by atoms with Gasteiger partial charge in [-0.25, -0.2) is 0 Å². The Hall–Kier alpha value is -2.09. The quantitative estimate of drug-likeness (QED) is 0.773. The van der Waals surface area contributed by atoms with Crippen LogP contribution >= 0.6 is 0 Å². The normalized spacial score (nSPS) is 13.5. The Labute approximate surface area is 126 Å². The zero-order valence-electron chi connectivity index (χ0n) is 12.9. The zero-order chi connectivity index (χ0) is 15.3. The standard InChI is InChI=1S/C19H22O2/c1-4-21-18(20)19(3,14-16-8-6-5-7-9-16)17-12-10-15(2)11-13-17/h5-13H,4,14H2,1-3H3. The Morgan fingerprint density at radius 2 is 1.67 bits per heavy atom. The monoisotopic (exact) mass is 282 g/mol. The van der Waals surface area contributed by atoms with Gasteiger partial charge in [-0.3, -0.25) is 4.79 Å². The molecule has 2 aromatic carbocycles. The number of hydrogen-bond donors (Lipinski definition) is 0. The van der Waals surface area contributed by atoms with Gasteiger partial charge in [0.1, 0.15) is 0 Å². The van der Waals surface area contributed by atoms with Crippen molar-refractivity contribution in [3.05, 3.63) is 71.3 Å². The summed E-state index contributed by atoms with van der Waals surface area (Å²) >= 11 is 0. The molecule has 21 heavy (non-hydrogen) atoms. The summed E-state index contributed by atoms with van der Waals surface area (Å²) in [5, 5.41) is 0. The van der Waals surface area contributed by atoms with E-state index in [1.807, 2.05) is 75.4 Å². The van der Waals surface area contributed by atoms with Crippen LogP contribution in [0.1, 0.15) is 30.5 Å². The van der Waals surface area contributed by atoms with E-state index in [1.54, 1.807) is 0 Å². The average molecular weight is 282 g/mol. The maximum atomic E-state index is 12.5.